The Balaban J connectivity index is 1.46. The first-order chi connectivity index (χ1) is 13.6. The molecule has 1 aromatic carbocycles. The Kier molecular flexibility index (Phi) is 6.15. The van der Waals surface area contributed by atoms with Crippen LogP contribution in [0.2, 0.25) is 0 Å². The number of aliphatic hydroxyl groups excluding tert-OH is 1. The first-order valence-corrected chi connectivity index (χ1v) is 12.0. The van der Waals surface area contributed by atoms with Crippen molar-refractivity contribution in [1.82, 2.24) is 14.8 Å². The number of benzene rings is 1. The Morgan fingerprint density at radius 2 is 2.25 bits per heavy atom. The topological polar surface area (TPSA) is 56.7 Å². The van der Waals surface area contributed by atoms with Gasteiger partial charge in [0, 0.05) is 24.5 Å². The predicted molar refractivity (Wildman–Crippen MR) is 120 cm³/mol. The van der Waals surface area contributed by atoms with Crippen LogP contribution in [-0.2, 0) is 11.2 Å². The van der Waals surface area contributed by atoms with E-state index in [0.717, 1.165) is 30.8 Å². The van der Waals surface area contributed by atoms with Gasteiger partial charge in [0.05, 0.1) is 10.1 Å². The number of carbonyl (C=O) groups excluding carboxylic acids is 1. The Morgan fingerprint density at radius 3 is 3.00 bits per heavy atom. The van der Waals surface area contributed by atoms with Gasteiger partial charge in [-0.1, -0.05) is 52.9 Å². The maximum atomic E-state index is 11.8. The van der Waals surface area contributed by atoms with E-state index in [1.54, 1.807) is 11.3 Å². The lowest BCUT2D eigenvalue weighted by Gasteiger charge is -2.29. The molecule has 2 atom stereocenters. The van der Waals surface area contributed by atoms with E-state index < -0.39 is 6.23 Å². The molecule has 0 saturated carbocycles. The first kappa shape index (κ1) is 20.0. The highest BCUT2D eigenvalue weighted by Crippen LogP contribution is 2.38. The molecule has 2 aromatic rings. The Labute approximate surface area is 183 Å². The van der Waals surface area contributed by atoms with E-state index in [-0.39, 0.29) is 11.9 Å². The molecule has 0 radical (unpaired) electrons. The van der Waals surface area contributed by atoms with Crippen molar-refractivity contribution in [3.05, 3.63) is 57.6 Å². The van der Waals surface area contributed by atoms with E-state index in [0.29, 0.717) is 16.7 Å². The molecule has 4 rings (SSSR count). The van der Waals surface area contributed by atoms with Gasteiger partial charge < -0.3 is 10.0 Å². The zero-order valence-electron chi connectivity index (χ0n) is 15.8. The molecule has 1 unspecified atom stereocenters. The predicted octanol–water partition coefficient (Wildman–Crippen LogP) is 3.80. The Hall–Kier alpha value is -1.29. The molecule has 5 nitrogen and oxygen atoms in total. The normalized spacial score (nSPS) is 20.2. The van der Waals surface area contributed by atoms with Gasteiger partial charge >= 0.3 is 0 Å². The zero-order chi connectivity index (χ0) is 19.7. The number of thiazole rings is 1. The van der Waals surface area contributed by atoms with Crippen LogP contribution >= 0.6 is 33.9 Å². The van der Waals surface area contributed by atoms with Crippen LogP contribution in [0.3, 0.4) is 0 Å². The van der Waals surface area contributed by atoms with E-state index in [1.807, 2.05) is 22.2 Å². The number of aliphatic hydroxyl groups is 1. The second-order valence-electron chi connectivity index (χ2n) is 7.32. The summed E-state index contributed by atoms with van der Waals surface area (Å²) in [5.41, 5.74) is 4.58. The van der Waals surface area contributed by atoms with Crippen molar-refractivity contribution in [2.75, 3.05) is 24.6 Å². The molecular formula is C21H24IN3O2S. The molecule has 28 heavy (non-hydrogen) atoms. The molecule has 2 heterocycles. The number of fused-ring (bicyclic) bond motifs is 1. The molecule has 1 amide bonds. The summed E-state index contributed by atoms with van der Waals surface area (Å²) in [5.74, 6) is 0.185. The summed E-state index contributed by atoms with van der Waals surface area (Å²) in [6.45, 7) is 1.39. The Morgan fingerprint density at radius 1 is 1.43 bits per heavy atom. The summed E-state index contributed by atoms with van der Waals surface area (Å²) < 4.78 is 0.519. The van der Waals surface area contributed by atoms with Gasteiger partial charge in [-0.15, -0.1) is 11.3 Å². The third-order valence-electron chi connectivity index (χ3n) is 5.72. The van der Waals surface area contributed by atoms with Crippen LogP contribution in [0, 0.1) is 0 Å². The third kappa shape index (κ3) is 3.90. The van der Waals surface area contributed by atoms with Crippen LogP contribution in [0.4, 0.5) is 0 Å². The summed E-state index contributed by atoms with van der Waals surface area (Å²) in [6.07, 6.45) is 4.27. The molecule has 0 saturated heterocycles. The average Bonchev–Trinajstić information content (AvgIpc) is 3.40. The van der Waals surface area contributed by atoms with Crippen LogP contribution in [0.25, 0.3) is 5.57 Å². The van der Waals surface area contributed by atoms with Gasteiger partial charge in [-0.3, -0.25) is 9.69 Å². The van der Waals surface area contributed by atoms with Crippen molar-refractivity contribution >= 4 is 45.4 Å². The van der Waals surface area contributed by atoms with Gasteiger partial charge in [-0.05, 0) is 43.0 Å². The second kappa shape index (κ2) is 8.61. The summed E-state index contributed by atoms with van der Waals surface area (Å²) in [5, 5.41) is 13.8. The van der Waals surface area contributed by atoms with E-state index in [2.05, 4.69) is 52.9 Å². The zero-order valence-corrected chi connectivity index (χ0v) is 18.8. The number of aromatic nitrogens is 1. The fourth-order valence-electron chi connectivity index (χ4n) is 4.06. The maximum Gasteiger partial charge on any atom is 0.232 e. The highest BCUT2D eigenvalue weighted by Gasteiger charge is 2.30. The van der Waals surface area contributed by atoms with Crippen molar-refractivity contribution < 1.29 is 9.90 Å². The van der Waals surface area contributed by atoms with Crippen molar-refractivity contribution in [3.8, 4) is 0 Å². The summed E-state index contributed by atoms with van der Waals surface area (Å²) >= 11 is 3.68. The number of aryl methyl sites for hydroxylation is 1. The third-order valence-corrected chi connectivity index (χ3v) is 7.30. The van der Waals surface area contributed by atoms with Crippen molar-refractivity contribution in [3.63, 3.8) is 0 Å². The molecule has 7 heteroatoms. The maximum absolute atomic E-state index is 11.8. The summed E-state index contributed by atoms with van der Waals surface area (Å²) in [4.78, 5) is 20.5. The number of alkyl halides is 1. The van der Waals surface area contributed by atoms with Gasteiger partial charge in [0.1, 0.15) is 5.01 Å². The Bertz CT molecular complexity index is 897. The molecule has 148 valence electrons. The first-order valence-electron chi connectivity index (χ1n) is 9.55. The smallest absolute Gasteiger partial charge is 0.232 e. The molecule has 1 aliphatic carbocycles. The van der Waals surface area contributed by atoms with Crippen LogP contribution in [0.5, 0.6) is 0 Å². The minimum atomic E-state index is -0.720. The van der Waals surface area contributed by atoms with Gasteiger partial charge in [0.25, 0.3) is 0 Å². The molecule has 0 fully saturated rings. The number of carbonyl (C=O) groups is 1. The lowest BCUT2D eigenvalue weighted by molar-refractivity contribution is -0.127. The minimum absolute atomic E-state index is 0.185. The molecule has 1 aromatic heterocycles. The fraction of sp³-hybridized carbons (Fsp3) is 0.429. The number of hydrogen-bond donors (Lipinski definition) is 1. The SMILES string of the molecule is CN(C(O)c1csc(C2=CCN(C(=O)CI)CC2)n1)[C@@H]1CCc2ccccc21. The van der Waals surface area contributed by atoms with Crippen LogP contribution < -0.4 is 0 Å². The molecule has 0 spiro atoms. The van der Waals surface area contributed by atoms with Crippen molar-refractivity contribution in [2.24, 2.45) is 0 Å². The quantitative estimate of drug-likeness (QED) is 0.379. The second-order valence-corrected chi connectivity index (χ2v) is 8.94. The highest BCUT2D eigenvalue weighted by molar-refractivity contribution is 14.1. The lowest BCUT2D eigenvalue weighted by Crippen LogP contribution is -2.35. The highest BCUT2D eigenvalue weighted by atomic mass is 127. The monoisotopic (exact) mass is 509 g/mol. The van der Waals surface area contributed by atoms with Gasteiger partial charge in [0.15, 0.2) is 6.23 Å². The molecule has 1 N–H and O–H groups in total. The van der Waals surface area contributed by atoms with Crippen LogP contribution in [0.15, 0.2) is 35.7 Å². The van der Waals surface area contributed by atoms with Crippen LogP contribution in [0.1, 0.15) is 46.9 Å². The fourth-order valence-corrected chi connectivity index (χ4v) is 5.45. The van der Waals surface area contributed by atoms with Crippen molar-refractivity contribution in [2.45, 2.75) is 31.5 Å². The number of amides is 1. The number of rotatable bonds is 5. The van der Waals surface area contributed by atoms with Gasteiger partial charge in [-0.25, -0.2) is 4.98 Å². The van der Waals surface area contributed by atoms with E-state index in [4.69, 9.17) is 4.98 Å². The number of halogens is 1. The van der Waals surface area contributed by atoms with Gasteiger partial charge in [0.2, 0.25) is 5.91 Å². The summed E-state index contributed by atoms with van der Waals surface area (Å²) in [7, 11) is 1.98. The average molecular weight is 509 g/mol. The molecular weight excluding hydrogens is 485 g/mol. The largest absolute Gasteiger partial charge is 0.372 e. The molecule has 2 aliphatic rings. The molecule has 1 aliphatic heterocycles. The minimum Gasteiger partial charge on any atom is -0.372 e. The summed E-state index contributed by atoms with van der Waals surface area (Å²) in [6, 6.07) is 8.71. The number of nitrogens with zero attached hydrogens (tertiary/aromatic N) is 3. The van der Waals surface area contributed by atoms with Crippen molar-refractivity contribution in [1.29, 1.82) is 0 Å². The van der Waals surface area contributed by atoms with E-state index >= 15 is 0 Å². The standard InChI is InChI=1S/C21H24IN3O2S/c1-24(18-7-6-14-4-2-3-5-16(14)18)21(27)17-13-28-20(23-17)15-8-10-25(11-9-15)19(26)12-22/h2-5,8,13,18,21,27H,6-7,9-12H2,1H3/t18-,21?/m1/s1. The lowest BCUT2D eigenvalue weighted by atomic mass is 10.1. The molecule has 0 bridgehead atoms. The van der Waals surface area contributed by atoms with E-state index in [9.17, 15) is 9.90 Å². The van der Waals surface area contributed by atoms with E-state index in [1.165, 1.54) is 16.7 Å². The van der Waals surface area contributed by atoms with Crippen LogP contribution in [-0.4, -0.2) is 50.4 Å². The van der Waals surface area contributed by atoms with Gasteiger partial charge in [-0.2, -0.15) is 0 Å². The number of hydrogen-bond acceptors (Lipinski definition) is 5.